The van der Waals surface area contributed by atoms with Gasteiger partial charge >= 0.3 is 7.12 Å². The van der Waals surface area contributed by atoms with E-state index in [0.717, 1.165) is 12.1 Å². The van der Waals surface area contributed by atoms with Gasteiger partial charge in [-0.1, -0.05) is 6.08 Å². The minimum Gasteiger partial charge on any atom is -0.469 e. The molecule has 0 radical (unpaired) electrons. The molecule has 3 atom stereocenters. The van der Waals surface area contributed by atoms with Gasteiger partial charge in [0.2, 0.25) is 5.88 Å². The molecule has 0 amide bonds. The second kappa shape index (κ2) is 6.69. The molecule has 2 heterocycles. The number of hydrogen-bond donors (Lipinski definition) is 1. The van der Waals surface area contributed by atoms with Crippen molar-refractivity contribution in [3.05, 3.63) is 23.3 Å². The quantitative estimate of drug-likeness (QED) is 0.763. The molecule has 29 heavy (non-hydrogen) atoms. The first-order chi connectivity index (χ1) is 13.4. The lowest BCUT2D eigenvalue weighted by Crippen LogP contribution is -2.41. The largest absolute Gasteiger partial charge is 0.490 e. The zero-order valence-electron chi connectivity index (χ0n) is 18.2. The van der Waals surface area contributed by atoms with E-state index >= 15 is 0 Å². The average molecular weight is 402 g/mol. The van der Waals surface area contributed by atoms with Crippen molar-refractivity contribution in [2.75, 3.05) is 6.61 Å². The van der Waals surface area contributed by atoms with E-state index in [1.165, 1.54) is 12.4 Å². The van der Waals surface area contributed by atoms with Crippen molar-refractivity contribution in [2.45, 2.75) is 70.7 Å². The summed E-state index contributed by atoms with van der Waals surface area (Å²) in [7, 11) is 1.50. The fourth-order valence-electron chi connectivity index (χ4n) is 4.79. The van der Waals surface area contributed by atoms with E-state index in [-0.39, 0.29) is 36.6 Å². The maximum Gasteiger partial charge on any atom is 0.490 e. The number of nitrogens with zero attached hydrogens (tertiary/aromatic N) is 2. The Morgan fingerprint density at radius 1 is 1.31 bits per heavy atom. The molecule has 3 aliphatic rings. The lowest BCUT2D eigenvalue weighted by molar-refractivity contribution is -0.119. The lowest BCUT2D eigenvalue weighted by Gasteiger charge is -2.32. The second-order valence-electron chi connectivity index (χ2n) is 9.88. The van der Waals surface area contributed by atoms with Crippen LogP contribution in [0.1, 0.15) is 59.6 Å². The fourth-order valence-corrected chi connectivity index (χ4v) is 4.79. The Hall–Kier alpha value is -1.64. The molecule has 1 aliphatic heterocycles. The number of allylic oxidation sites excluding steroid dienone is 2. The number of carbonyl (C=O) groups is 1. The Kier molecular flexibility index (Phi) is 4.76. The van der Waals surface area contributed by atoms with E-state index < -0.39 is 5.60 Å². The topological polar surface area (TPSA) is 82.8 Å². The Labute approximate surface area is 172 Å². The van der Waals surface area contributed by atoms with Crippen LogP contribution in [-0.4, -0.2) is 45.6 Å². The summed E-state index contributed by atoms with van der Waals surface area (Å²) in [6, 6.07) is 1.75. The molecule has 1 N–H and O–H groups in total. The van der Waals surface area contributed by atoms with Crippen molar-refractivity contribution < 1.29 is 23.9 Å². The number of rotatable bonds is 5. The van der Waals surface area contributed by atoms with Crippen molar-refractivity contribution in [3.8, 4) is 5.88 Å². The van der Waals surface area contributed by atoms with Crippen molar-refractivity contribution in [2.24, 2.45) is 18.9 Å². The number of ketones is 1. The van der Waals surface area contributed by atoms with Gasteiger partial charge in [-0.25, -0.2) is 0 Å². The highest BCUT2D eigenvalue weighted by atomic mass is 16.7. The van der Waals surface area contributed by atoms with Gasteiger partial charge in [-0.2, -0.15) is 0 Å². The molecule has 1 aromatic heterocycles. The van der Waals surface area contributed by atoms with Crippen LogP contribution in [0.25, 0.3) is 0 Å². The van der Waals surface area contributed by atoms with Crippen molar-refractivity contribution in [3.63, 3.8) is 0 Å². The molecule has 0 bridgehead atoms. The van der Waals surface area contributed by atoms with E-state index in [9.17, 15) is 9.90 Å². The second-order valence-corrected chi connectivity index (χ2v) is 9.88. The van der Waals surface area contributed by atoms with E-state index in [1.54, 1.807) is 17.8 Å². The third-order valence-corrected chi connectivity index (χ3v) is 7.02. The van der Waals surface area contributed by atoms with Crippen LogP contribution >= 0.6 is 0 Å². The molecule has 7 nitrogen and oxygen atoms in total. The summed E-state index contributed by atoms with van der Waals surface area (Å²) >= 11 is 0. The van der Waals surface area contributed by atoms with Crippen molar-refractivity contribution in [1.82, 2.24) is 9.78 Å². The van der Waals surface area contributed by atoms with E-state index in [2.05, 4.69) is 38.9 Å². The molecular formula is C21H31BN2O5. The maximum atomic E-state index is 11.4. The van der Waals surface area contributed by atoms with Crippen LogP contribution in [0.4, 0.5) is 0 Å². The first kappa shape index (κ1) is 20.6. The smallest absolute Gasteiger partial charge is 0.469 e. The monoisotopic (exact) mass is 402 g/mol. The van der Waals surface area contributed by atoms with E-state index in [0.29, 0.717) is 24.6 Å². The maximum absolute atomic E-state index is 11.4. The molecule has 0 unspecified atom stereocenters. The van der Waals surface area contributed by atoms with Gasteiger partial charge < -0.3 is 19.2 Å². The zero-order chi connectivity index (χ0) is 21.2. The zero-order valence-corrected chi connectivity index (χ0v) is 18.2. The number of Topliss-reactive ketones (excluding diaryl/α,β-unsaturated/α-hetero) is 1. The van der Waals surface area contributed by atoms with E-state index in [4.69, 9.17) is 14.0 Å². The number of fused-ring (bicyclic) bond motifs is 1. The number of ether oxygens (including phenoxy) is 1. The third-order valence-electron chi connectivity index (χ3n) is 7.02. The lowest BCUT2D eigenvalue weighted by atomic mass is 9.76. The van der Waals surface area contributed by atoms with Crippen LogP contribution in [0.15, 0.2) is 17.6 Å². The summed E-state index contributed by atoms with van der Waals surface area (Å²) in [6.07, 6.45) is 4.40. The minimum absolute atomic E-state index is 0.0136. The van der Waals surface area contributed by atoms with Gasteiger partial charge in [-0.05, 0) is 71.2 Å². The predicted molar refractivity (Wildman–Crippen MR) is 108 cm³/mol. The summed E-state index contributed by atoms with van der Waals surface area (Å²) < 4.78 is 19.5. The molecule has 1 aromatic rings. The summed E-state index contributed by atoms with van der Waals surface area (Å²) in [5.74, 6) is 0.944. The molecule has 8 heteroatoms. The van der Waals surface area contributed by atoms with Crippen LogP contribution in [0.3, 0.4) is 0 Å². The van der Waals surface area contributed by atoms with Gasteiger partial charge in [0.1, 0.15) is 12.2 Å². The van der Waals surface area contributed by atoms with Crippen LogP contribution in [0.2, 0.25) is 0 Å². The van der Waals surface area contributed by atoms with Crippen LogP contribution in [0.5, 0.6) is 5.88 Å². The van der Waals surface area contributed by atoms with Gasteiger partial charge in [0, 0.05) is 13.1 Å². The fraction of sp³-hybridized carbons (Fsp3) is 0.714. The number of aliphatic hydroxyl groups is 1. The number of carbonyl (C=O) groups excluding carboxylic acids is 1. The predicted octanol–water partition coefficient (Wildman–Crippen LogP) is 2.56. The molecule has 0 spiro atoms. The highest BCUT2D eigenvalue weighted by Crippen LogP contribution is 2.53. The van der Waals surface area contributed by atoms with Crippen LogP contribution < -0.4 is 4.74 Å². The number of aryl methyl sites for hydroxylation is 1. The Morgan fingerprint density at radius 3 is 2.55 bits per heavy atom. The molecule has 1 saturated carbocycles. The van der Waals surface area contributed by atoms with E-state index in [1.807, 2.05) is 0 Å². The first-order valence-corrected chi connectivity index (χ1v) is 10.4. The number of hydrogen-bond acceptors (Lipinski definition) is 6. The van der Waals surface area contributed by atoms with Gasteiger partial charge in [-0.15, -0.1) is 5.10 Å². The molecular weight excluding hydrogens is 371 g/mol. The van der Waals surface area contributed by atoms with Gasteiger partial charge in [-0.3, -0.25) is 9.48 Å². The Bertz CT molecular complexity index is 845. The highest BCUT2D eigenvalue weighted by Gasteiger charge is 2.55. The minimum atomic E-state index is -0.952. The van der Waals surface area contributed by atoms with Crippen molar-refractivity contribution >= 4 is 12.9 Å². The summed E-state index contributed by atoms with van der Waals surface area (Å²) in [5, 5.41) is 15.7. The number of aromatic nitrogens is 2. The van der Waals surface area contributed by atoms with Gasteiger partial charge in [0.15, 0.2) is 5.78 Å². The summed E-state index contributed by atoms with van der Waals surface area (Å²) in [6.45, 7) is 9.72. The Balaban J connectivity index is 1.47. The van der Waals surface area contributed by atoms with Crippen molar-refractivity contribution in [1.29, 1.82) is 0 Å². The molecule has 0 aromatic carbocycles. The first-order valence-electron chi connectivity index (χ1n) is 10.4. The van der Waals surface area contributed by atoms with Crippen LogP contribution in [-0.2, 0) is 26.8 Å². The summed E-state index contributed by atoms with van der Waals surface area (Å²) in [5.41, 5.74) is 0.281. The van der Waals surface area contributed by atoms with Gasteiger partial charge in [0.25, 0.3) is 0 Å². The standard InChI is InChI=1S/C21H31BN2O5/c1-13(25)12-27-18-9-17(24(6)23-18)21(26)10-14-7-16(8-15(14)11-21)22-28-19(2,3)20(4,5)29-22/h7,9,14-15,26H,8,10-12H2,1-6H3/t14-,15+,21+/m0/s1. The molecule has 158 valence electrons. The average Bonchev–Trinajstić information content (AvgIpc) is 3.27. The highest BCUT2D eigenvalue weighted by molar-refractivity contribution is 6.54. The molecule has 4 rings (SSSR count). The molecule has 2 aliphatic carbocycles. The molecule has 1 saturated heterocycles. The third kappa shape index (κ3) is 3.55. The SMILES string of the molecule is CC(=O)COc1cc([C@]2(O)C[C@H]3CC(B4OC(C)(C)C(C)(C)O4)=C[C@H]3C2)n(C)n1. The molecule has 2 fully saturated rings. The van der Waals surface area contributed by atoms with Gasteiger partial charge in [0.05, 0.1) is 16.9 Å². The summed E-state index contributed by atoms with van der Waals surface area (Å²) in [4.78, 5) is 11.1. The normalized spacial score (nSPS) is 32.4. The van der Waals surface area contributed by atoms with Crippen LogP contribution in [0, 0.1) is 11.8 Å². The Morgan fingerprint density at radius 2 is 1.97 bits per heavy atom.